The van der Waals surface area contributed by atoms with Crippen LogP contribution in [-0.4, -0.2) is 36.6 Å². The lowest BCUT2D eigenvalue weighted by Crippen LogP contribution is -2.53. The van der Waals surface area contributed by atoms with Gasteiger partial charge in [-0.2, -0.15) is 0 Å². The zero-order valence-electron chi connectivity index (χ0n) is 16.0. The summed E-state index contributed by atoms with van der Waals surface area (Å²) in [6, 6.07) is 12.5. The highest BCUT2D eigenvalue weighted by Crippen LogP contribution is 2.38. The molecule has 1 saturated heterocycles. The maximum Gasteiger partial charge on any atom is 0.333 e. The largest absolute Gasteiger partial charge is 0.467 e. The van der Waals surface area contributed by atoms with Crippen LogP contribution in [-0.2, 0) is 14.3 Å². The fourth-order valence-electron chi connectivity index (χ4n) is 4.40. The van der Waals surface area contributed by atoms with Crippen LogP contribution in [0.15, 0.2) is 53.3 Å². The number of benzene rings is 1. The molecule has 8 heteroatoms. The molecule has 7 nitrogen and oxygen atoms in total. The van der Waals surface area contributed by atoms with Crippen LogP contribution >= 0.6 is 12.4 Å². The van der Waals surface area contributed by atoms with E-state index in [0.29, 0.717) is 12.1 Å². The summed E-state index contributed by atoms with van der Waals surface area (Å²) in [6.45, 7) is 1.45. The fraction of sp³-hybridized carbons (Fsp3) is 0.381. The van der Waals surface area contributed by atoms with Crippen molar-refractivity contribution in [1.82, 2.24) is 15.2 Å². The number of carbonyl (C=O) groups is 2. The van der Waals surface area contributed by atoms with Crippen LogP contribution < -0.4 is 16.2 Å². The highest BCUT2D eigenvalue weighted by molar-refractivity contribution is 5.88. The number of hydrogen-bond acceptors (Lipinski definition) is 5. The zero-order chi connectivity index (χ0) is 19.7. The van der Waals surface area contributed by atoms with E-state index in [0.717, 1.165) is 18.7 Å². The molecule has 0 saturated carbocycles. The van der Waals surface area contributed by atoms with Gasteiger partial charge >= 0.3 is 5.97 Å². The van der Waals surface area contributed by atoms with Crippen molar-refractivity contribution in [3.63, 3.8) is 0 Å². The third kappa shape index (κ3) is 3.93. The fourth-order valence-corrected chi connectivity index (χ4v) is 4.40. The van der Waals surface area contributed by atoms with E-state index in [1.165, 1.54) is 13.2 Å². The second-order valence-corrected chi connectivity index (χ2v) is 7.33. The van der Waals surface area contributed by atoms with Gasteiger partial charge in [0.25, 0.3) is 5.56 Å². The average Bonchev–Trinajstić information content (AvgIpc) is 2.73. The van der Waals surface area contributed by atoms with Crippen LogP contribution in [0.5, 0.6) is 0 Å². The molecule has 1 aromatic heterocycles. The lowest BCUT2D eigenvalue weighted by atomic mass is 9.79. The number of rotatable bonds is 4. The number of piperidine rings is 1. The number of halogens is 1. The normalized spacial score (nSPS) is 23.1. The van der Waals surface area contributed by atoms with Crippen molar-refractivity contribution < 1.29 is 14.3 Å². The number of fused-ring (bicyclic) bond motifs is 4. The molecule has 29 heavy (non-hydrogen) atoms. The molecule has 0 unspecified atom stereocenters. The van der Waals surface area contributed by atoms with Crippen molar-refractivity contribution in [2.75, 3.05) is 20.2 Å². The Morgan fingerprint density at radius 3 is 2.62 bits per heavy atom. The van der Waals surface area contributed by atoms with Crippen molar-refractivity contribution in [2.24, 2.45) is 5.92 Å². The SMILES string of the molecule is COC(=O)[C@@H](NC(=O)[C@H]1[C@@H]2CNC[C@@H](C2)c2cccc(=O)n21)c1ccccc1.Cl. The standard InChI is InChI=1S/C21H23N3O4.ClH/c1-28-21(27)18(13-6-3-2-4-7-13)23-20(26)19-15-10-14(11-22-12-15)16-8-5-9-17(25)24(16)19;/h2-9,14-15,18-19,22H,10-12H2,1H3,(H,23,26);1H/t14-,15+,18+,19-;/m1./s1. The lowest BCUT2D eigenvalue weighted by molar-refractivity contribution is -0.146. The first-order valence-electron chi connectivity index (χ1n) is 9.45. The Balaban J connectivity index is 0.00000240. The smallest absolute Gasteiger partial charge is 0.333 e. The highest BCUT2D eigenvalue weighted by atomic mass is 35.5. The maximum atomic E-state index is 13.3. The number of carbonyl (C=O) groups excluding carboxylic acids is 2. The Morgan fingerprint density at radius 2 is 1.90 bits per heavy atom. The summed E-state index contributed by atoms with van der Waals surface area (Å²) in [7, 11) is 1.29. The Bertz CT molecular complexity index is 946. The van der Waals surface area contributed by atoms with Gasteiger partial charge in [-0.25, -0.2) is 4.79 Å². The molecule has 4 atom stereocenters. The molecule has 1 amide bonds. The minimum atomic E-state index is -0.921. The van der Waals surface area contributed by atoms with Crippen LogP contribution in [0, 0.1) is 5.92 Å². The summed E-state index contributed by atoms with van der Waals surface area (Å²) in [6.07, 6.45) is 0.836. The topological polar surface area (TPSA) is 89.4 Å². The molecule has 2 aliphatic rings. The predicted molar refractivity (Wildman–Crippen MR) is 110 cm³/mol. The van der Waals surface area contributed by atoms with Crippen molar-refractivity contribution in [3.05, 3.63) is 70.1 Å². The van der Waals surface area contributed by atoms with Gasteiger partial charge in [0.1, 0.15) is 6.04 Å². The van der Waals surface area contributed by atoms with E-state index >= 15 is 0 Å². The second-order valence-electron chi connectivity index (χ2n) is 7.33. The van der Waals surface area contributed by atoms with Crippen molar-refractivity contribution in [3.8, 4) is 0 Å². The van der Waals surface area contributed by atoms with Gasteiger partial charge in [-0.1, -0.05) is 36.4 Å². The number of amides is 1. The van der Waals surface area contributed by atoms with Crippen LogP contribution in [0.4, 0.5) is 0 Å². The molecule has 2 aromatic rings. The minimum absolute atomic E-state index is 0. The molecule has 0 aliphatic carbocycles. The van der Waals surface area contributed by atoms with Crippen LogP contribution in [0.2, 0.25) is 0 Å². The summed E-state index contributed by atoms with van der Waals surface area (Å²) in [5, 5.41) is 6.19. The van der Waals surface area contributed by atoms with E-state index in [9.17, 15) is 14.4 Å². The van der Waals surface area contributed by atoms with Crippen LogP contribution in [0.25, 0.3) is 0 Å². The third-order valence-electron chi connectivity index (χ3n) is 5.67. The van der Waals surface area contributed by atoms with Crippen LogP contribution in [0.1, 0.15) is 35.7 Å². The number of esters is 1. The molecule has 0 radical (unpaired) electrons. The number of pyridine rings is 1. The van der Waals surface area contributed by atoms with Gasteiger partial charge in [0.15, 0.2) is 6.04 Å². The number of nitrogens with zero attached hydrogens (tertiary/aromatic N) is 1. The second kappa shape index (κ2) is 8.80. The van der Waals surface area contributed by atoms with E-state index in [1.54, 1.807) is 34.9 Å². The molecule has 154 valence electrons. The van der Waals surface area contributed by atoms with E-state index < -0.39 is 18.1 Å². The average molecular weight is 418 g/mol. The van der Waals surface area contributed by atoms with E-state index in [1.807, 2.05) is 12.1 Å². The van der Waals surface area contributed by atoms with Crippen LogP contribution in [0.3, 0.4) is 0 Å². The molecule has 0 spiro atoms. The lowest BCUT2D eigenvalue weighted by Gasteiger charge is -2.42. The first-order valence-corrected chi connectivity index (χ1v) is 9.45. The third-order valence-corrected chi connectivity index (χ3v) is 5.67. The molecular formula is C21H24ClN3O4. The van der Waals surface area contributed by atoms with Gasteiger partial charge in [0, 0.05) is 36.7 Å². The molecule has 2 bridgehead atoms. The van der Waals surface area contributed by atoms with E-state index in [2.05, 4.69) is 10.6 Å². The van der Waals surface area contributed by atoms with Gasteiger partial charge in [-0.15, -0.1) is 12.4 Å². The summed E-state index contributed by atoms with van der Waals surface area (Å²) in [4.78, 5) is 38.3. The number of hydrogen-bond donors (Lipinski definition) is 2. The summed E-state index contributed by atoms with van der Waals surface area (Å²) >= 11 is 0. The van der Waals surface area contributed by atoms with Crippen molar-refractivity contribution in [1.29, 1.82) is 0 Å². The van der Waals surface area contributed by atoms with Crippen molar-refractivity contribution >= 4 is 24.3 Å². The summed E-state index contributed by atoms with van der Waals surface area (Å²) < 4.78 is 6.50. The Hall–Kier alpha value is -2.64. The van der Waals surface area contributed by atoms with Gasteiger partial charge in [-0.05, 0) is 18.1 Å². The number of ether oxygens (including phenoxy) is 1. The Morgan fingerprint density at radius 1 is 1.14 bits per heavy atom. The Kier molecular flexibility index (Phi) is 6.39. The molecule has 2 aliphatic heterocycles. The quantitative estimate of drug-likeness (QED) is 0.737. The molecule has 1 fully saturated rings. The van der Waals surface area contributed by atoms with E-state index in [4.69, 9.17) is 4.74 Å². The summed E-state index contributed by atoms with van der Waals surface area (Å²) in [5.74, 6) is -0.695. The van der Waals surface area contributed by atoms with Gasteiger partial charge in [-0.3, -0.25) is 14.2 Å². The first kappa shape index (κ1) is 21.1. The summed E-state index contributed by atoms with van der Waals surface area (Å²) in [5.41, 5.74) is 1.31. The van der Waals surface area contributed by atoms with E-state index in [-0.39, 0.29) is 35.7 Å². The van der Waals surface area contributed by atoms with Gasteiger partial charge < -0.3 is 15.4 Å². The molecule has 3 heterocycles. The number of aromatic nitrogens is 1. The molecule has 2 N–H and O–H groups in total. The molecule has 1 aromatic carbocycles. The molecule has 4 rings (SSSR count). The van der Waals surface area contributed by atoms with Gasteiger partial charge in [0.2, 0.25) is 5.91 Å². The first-order chi connectivity index (χ1) is 13.6. The predicted octanol–water partition coefficient (Wildman–Crippen LogP) is 1.55. The minimum Gasteiger partial charge on any atom is -0.467 e. The zero-order valence-corrected chi connectivity index (χ0v) is 16.9. The van der Waals surface area contributed by atoms with Gasteiger partial charge in [0.05, 0.1) is 7.11 Å². The Labute approximate surface area is 174 Å². The number of nitrogens with one attached hydrogen (secondary N) is 2. The monoisotopic (exact) mass is 417 g/mol. The number of methoxy groups -OCH3 is 1. The molecular weight excluding hydrogens is 394 g/mol. The highest BCUT2D eigenvalue weighted by Gasteiger charge is 2.42. The van der Waals surface area contributed by atoms with Crippen molar-refractivity contribution in [2.45, 2.75) is 24.4 Å². The maximum absolute atomic E-state index is 13.3.